The predicted octanol–water partition coefficient (Wildman–Crippen LogP) is -1.99. The summed E-state index contributed by atoms with van der Waals surface area (Å²) in [7, 11) is 0. The molecule has 8 nitrogen and oxygen atoms in total. The number of hydrogen-bond acceptors (Lipinski definition) is 5. The highest BCUT2D eigenvalue weighted by Crippen LogP contribution is 1.92. The van der Waals surface area contributed by atoms with Crippen LogP contribution in [0.4, 0.5) is 0 Å². The number of primary amides is 1. The zero-order chi connectivity index (χ0) is 11.9. The third-order valence-electron chi connectivity index (χ3n) is 0.805. The number of carbonyl (C=O) groups is 3. The monoisotopic (exact) mass is 225 g/mol. The lowest BCUT2D eigenvalue weighted by Crippen LogP contribution is -2.39. The van der Waals surface area contributed by atoms with Crippen LogP contribution in [-0.2, 0) is 14.4 Å². The van der Waals surface area contributed by atoms with E-state index in [1.807, 2.05) is 0 Å². The first-order chi connectivity index (χ1) is 6.20. The Kier molecular flexibility index (Phi) is 11.3. The summed E-state index contributed by atoms with van der Waals surface area (Å²) in [4.78, 5) is 28.8. The predicted molar refractivity (Wildman–Crippen MR) is 48.9 cm³/mol. The van der Waals surface area contributed by atoms with Crippen LogP contribution < -0.4 is 5.73 Å². The first kappa shape index (κ1) is 19.0. The summed E-state index contributed by atoms with van der Waals surface area (Å²) in [6, 6.07) is 0. The summed E-state index contributed by atoms with van der Waals surface area (Å²) in [5, 5.41) is 32.5. The summed E-state index contributed by atoms with van der Waals surface area (Å²) in [5.74, 6) is -3.87. The van der Waals surface area contributed by atoms with E-state index in [0.717, 1.165) is 0 Å². The van der Waals surface area contributed by atoms with Gasteiger partial charge in [0.15, 0.2) is 12.2 Å². The molecule has 0 radical (unpaired) electrons. The van der Waals surface area contributed by atoms with Gasteiger partial charge in [0.25, 0.3) is 0 Å². The van der Waals surface area contributed by atoms with E-state index in [0.29, 0.717) is 0 Å². The zero-order valence-electron chi connectivity index (χ0n) is 7.25. The van der Waals surface area contributed by atoms with Crippen molar-refractivity contribution in [2.45, 2.75) is 26.6 Å². The molecule has 1 amide bonds. The summed E-state index contributed by atoms with van der Waals surface area (Å²) in [6.45, 7) is 1.31. The van der Waals surface area contributed by atoms with Crippen molar-refractivity contribution in [3.63, 3.8) is 0 Å². The lowest BCUT2D eigenvalue weighted by atomic mass is 10.2. The number of carboxylic acids is 2. The molecule has 0 saturated heterocycles. The van der Waals surface area contributed by atoms with Gasteiger partial charge in [-0.05, 0) is 0 Å². The van der Waals surface area contributed by atoms with E-state index >= 15 is 0 Å². The van der Waals surface area contributed by atoms with Crippen molar-refractivity contribution in [3.05, 3.63) is 0 Å². The summed E-state index contributed by atoms with van der Waals surface area (Å²) in [6.07, 6.45) is -4.53. The molecule has 0 aliphatic heterocycles. The van der Waals surface area contributed by atoms with Gasteiger partial charge >= 0.3 is 11.9 Å². The molecule has 6 N–H and O–H groups in total. The Balaban J connectivity index is -0.000000249. The molecule has 0 aliphatic rings. The maximum absolute atomic E-state index is 9.77. The van der Waals surface area contributed by atoms with Crippen LogP contribution in [0.5, 0.6) is 0 Å². The average Bonchev–Trinajstić information content (AvgIpc) is 2.00. The van der Waals surface area contributed by atoms with Gasteiger partial charge in [-0.2, -0.15) is 0 Å². The molecule has 0 spiro atoms. The Morgan fingerprint density at radius 3 is 1.20 bits per heavy atom. The van der Waals surface area contributed by atoms with Gasteiger partial charge < -0.3 is 26.2 Å². The van der Waals surface area contributed by atoms with Crippen LogP contribution in [0.3, 0.4) is 0 Å². The zero-order valence-corrected chi connectivity index (χ0v) is 7.25. The molecule has 0 aliphatic carbocycles. The molecule has 0 heterocycles. The second-order valence-corrected chi connectivity index (χ2v) is 2.18. The largest absolute Gasteiger partial charge is 0.479 e. The first-order valence-corrected chi connectivity index (χ1v) is 3.28. The number of aliphatic hydroxyl groups excluding tert-OH is 2. The number of aliphatic carboxylic acids is 2. The average molecular weight is 225 g/mol. The van der Waals surface area contributed by atoms with E-state index in [1.165, 1.54) is 6.92 Å². The van der Waals surface area contributed by atoms with Crippen LogP contribution in [-0.4, -0.2) is 50.5 Å². The molecule has 15 heavy (non-hydrogen) atoms. The quantitative estimate of drug-likeness (QED) is 0.371. The van der Waals surface area contributed by atoms with Gasteiger partial charge in [-0.3, -0.25) is 4.79 Å². The highest BCUT2D eigenvalue weighted by molar-refractivity contribution is 5.83. The fraction of sp³-hybridized carbons (Fsp3) is 0.571. The van der Waals surface area contributed by atoms with Crippen LogP contribution in [0.1, 0.15) is 14.4 Å². The lowest BCUT2D eigenvalue weighted by molar-refractivity contribution is -0.165. The fourth-order valence-corrected chi connectivity index (χ4v) is 0.270. The molecular weight excluding hydrogens is 210 g/mol. The van der Waals surface area contributed by atoms with Crippen molar-refractivity contribution in [1.82, 2.24) is 0 Å². The summed E-state index contributed by atoms with van der Waals surface area (Å²) in [5.41, 5.74) is 4.47. The third kappa shape index (κ3) is 12.3. The third-order valence-corrected chi connectivity index (χ3v) is 0.805. The van der Waals surface area contributed by atoms with Crippen LogP contribution in [0.25, 0.3) is 0 Å². The SMILES string of the molecule is C.CC(N)=O.O=C(O)C(O)C(O)C(=O)O. The van der Waals surface area contributed by atoms with Gasteiger partial charge in [0.1, 0.15) is 0 Å². The molecule has 2 atom stereocenters. The number of carbonyl (C=O) groups excluding carboxylic acids is 1. The molecule has 0 bridgehead atoms. The lowest BCUT2D eigenvalue weighted by Gasteiger charge is -2.07. The van der Waals surface area contributed by atoms with Crippen LogP contribution in [0.2, 0.25) is 0 Å². The highest BCUT2D eigenvalue weighted by atomic mass is 16.4. The molecule has 0 saturated carbocycles. The maximum Gasteiger partial charge on any atom is 0.335 e. The Labute approximate surface area is 85.9 Å². The minimum Gasteiger partial charge on any atom is -0.479 e. The van der Waals surface area contributed by atoms with Gasteiger partial charge in [0.05, 0.1) is 0 Å². The molecule has 0 aromatic carbocycles. The Morgan fingerprint density at radius 1 is 1.00 bits per heavy atom. The molecule has 0 rings (SSSR count). The highest BCUT2D eigenvalue weighted by Gasteiger charge is 2.29. The molecular formula is C7H15NO7. The van der Waals surface area contributed by atoms with Crippen molar-refractivity contribution in [3.8, 4) is 0 Å². The van der Waals surface area contributed by atoms with Crippen LogP contribution in [0.15, 0.2) is 0 Å². The summed E-state index contributed by atoms with van der Waals surface area (Å²) < 4.78 is 0. The number of carboxylic acid groups (broad SMARTS) is 2. The number of aliphatic hydroxyl groups is 2. The van der Waals surface area contributed by atoms with Gasteiger partial charge in [-0.15, -0.1) is 0 Å². The van der Waals surface area contributed by atoms with E-state index in [4.69, 9.17) is 20.4 Å². The van der Waals surface area contributed by atoms with E-state index in [9.17, 15) is 14.4 Å². The Hall–Kier alpha value is -1.67. The number of nitrogens with two attached hydrogens (primary N) is 1. The van der Waals surface area contributed by atoms with Crippen molar-refractivity contribution in [1.29, 1.82) is 0 Å². The minimum atomic E-state index is -2.27. The van der Waals surface area contributed by atoms with E-state index in [-0.39, 0.29) is 13.3 Å². The standard InChI is InChI=1S/C4H6O6.C2H5NO.CH4/c5-1(3(7)8)2(6)4(9)10;1-2(3)4;/h1-2,5-6H,(H,7,8)(H,9,10);1H3,(H2,3,4);1H4. The molecule has 0 aromatic rings. The van der Waals surface area contributed by atoms with Crippen LogP contribution in [0, 0.1) is 0 Å². The van der Waals surface area contributed by atoms with E-state index in [2.05, 4.69) is 5.73 Å². The molecule has 0 fully saturated rings. The molecule has 0 aromatic heterocycles. The Morgan fingerprint density at radius 2 is 1.13 bits per heavy atom. The summed E-state index contributed by atoms with van der Waals surface area (Å²) >= 11 is 0. The van der Waals surface area contributed by atoms with E-state index in [1.54, 1.807) is 0 Å². The Bertz CT molecular complexity index is 205. The van der Waals surface area contributed by atoms with Gasteiger partial charge in [-0.25, -0.2) is 9.59 Å². The molecule has 90 valence electrons. The van der Waals surface area contributed by atoms with Crippen molar-refractivity contribution in [2.75, 3.05) is 0 Å². The second-order valence-electron chi connectivity index (χ2n) is 2.18. The van der Waals surface area contributed by atoms with Crippen molar-refractivity contribution >= 4 is 17.8 Å². The topological polar surface area (TPSA) is 158 Å². The van der Waals surface area contributed by atoms with Gasteiger partial charge in [-0.1, -0.05) is 7.43 Å². The number of hydrogen-bond donors (Lipinski definition) is 5. The van der Waals surface area contributed by atoms with Gasteiger partial charge in [0, 0.05) is 6.92 Å². The smallest absolute Gasteiger partial charge is 0.335 e. The molecule has 2 unspecified atom stereocenters. The normalized spacial score (nSPS) is 12.2. The number of rotatable bonds is 3. The van der Waals surface area contributed by atoms with Crippen LogP contribution >= 0.6 is 0 Å². The van der Waals surface area contributed by atoms with Crippen molar-refractivity contribution in [2.24, 2.45) is 5.73 Å². The van der Waals surface area contributed by atoms with E-state index < -0.39 is 24.1 Å². The van der Waals surface area contributed by atoms with Crippen molar-refractivity contribution < 1.29 is 34.8 Å². The fourth-order valence-electron chi connectivity index (χ4n) is 0.270. The number of amides is 1. The molecule has 8 heteroatoms. The second kappa shape index (κ2) is 8.91. The first-order valence-electron chi connectivity index (χ1n) is 3.28. The minimum absolute atomic E-state index is 0. The maximum atomic E-state index is 9.77. The van der Waals surface area contributed by atoms with Gasteiger partial charge in [0.2, 0.25) is 5.91 Å².